The van der Waals surface area contributed by atoms with E-state index in [4.69, 9.17) is 4.18 Å². The molecule has 0 aliphatic rings. The Morgan fingerprint density at radius 3 is 2.29 bits per heavy atom. The van der Waals surface area contributed by atoms with E-state index in [-0.39, 0.29) is 34.4 Å². The Morgan fingerprint density at radius 2 is 1.79 bits per heavy atom. The van der Waals surface area contributed by atoms with E-state index in [0.29, 0.717) is 35.4 Å². The van der Waals surface area contributed by atoms with Crippen molar-refractivity contribution in [1.29, 1.82) is 0 Å². The number of benzene rings is 1. The fourth-order valence-corrected chi connectivity index (χ4v) is 5.08. The summed E-state index contributed by atoms with van der Waals surface area (Å²) in [5, 5.41) is 16.0. The van der Waals surface area contributed by atoms with E-state index in [1.54, 1.807) is 34.6 Å². The molecule has 0 spiro atoms. The first kappa shape index (κ1) is 27.2. The molecule has 0 radical (unpaired) electrons. The highest BCUT2D eigenvalue weighted by atomic mass is 32.2. The minimum Gasteiger partial charge on any atom is -0.361 e. The van der Waals surface area contributed by atoms with Crippen LogP contribution in [0.4, 0.5) is 5.69 Å². The van der Waals surface area contributed by atoms with Crippen LogP contribution in [0.1, 0.15) is 80.7 Å². The zero-order valence-electron chi connectivity index (χ0n) is 21.1. The lowest BCUT2D eigenvalue weighted by Crippen LogP contribution is -2.21. The SMILES string of the molecule is CCCn1nc(C)c(C(=O)c2ccc([N+](=O)[O-])c(C(C)=C(C)C)c2C)c1OS(=O)(=O)CC(C)C. The lowest BCUT2D eigenvalue weighted by molar-refractivity contribution is -0.385. The number of carbonyl (C=O) groups is 1. The largest absolute Gasteiger partial charge is 0.361 e. The van der Waals surface area contributed by atoms with Crippen molar-refractivity contribution in [3.63, 3.8) is 0 Å². The number of allylic oxidation sites excluding steroid dienone is 2. The van der Waals surface area contributed by atoms with Crippen LogP contribution in [0, 0.1) is 29.9 Å². The number of aryl methyl sites for hydroxylation is 2. The standard InChI is InChI=1S/C24H33N3O6S/c1-9-12-26-24(33-34(31,32)13-14(2)3)22(18(8)25-26)23(28)19-10-11-20(27(29)30)21(17(19)7)16(6)15(4)5/h10-11,14H,9,12-13H2,1-8H3. The van der Waals surface area contributed by atoms with Gasteiger partial charge in [-0.25, -0.2) is 4.68 Å². The van der Waals surface area contributed by atoms with E-state index >= 15 is 0 Å². The van der Waals surface area contributed by atoms with E-state index in [2.05, 4.69) is 5.10 Å². The Kier molecular flexibility index (Phi) is 8.41. The minimum absolute atomic E-state index is 0.0403. The van der Waals surface area contributed by atoms with Gasteiger partial charge in [-0.2, -0.15) is 13.5 Å². The number of ketones is 1. The third kappa shape index (κ3) is 5.72. The van der Waals surface area contributed by atoms with Gasteiger partial charge in [-0.3, -0.25) is 14.9 Å². The second kappa shape index (κ2) is 10.5. The number of carbonyl (C=O) groups excluding carboxylic acids is 1. The molecule has 0 saturated carbocycles. The first-order chi connectivity index (χ1) is 15.7. The molecule has 1 aromatic carbocycles. The highest BCUT2D eigenvalue weighted by Gasteiger charge is 2.31. The normalized spacial score (nSPS) is 11.6. The first-order valence-electron chi connectivity index (χ1n) is 11.2. The number of hydrogen-bond donors (Lipinski definition) is 0. The fraction of sp³-hybridized carbons (Fsp3) is 0.500. The summed E-state index contributed by atoms with van der Waals surface area (Å²) < 4.78 is 32.1. The molecule has 0 N–H and O–H groups in total. The van der Waals surface area contributed by atoms with E-state index in [0.717, 1.165) is 5.57 Å². The van der Waals surface area contributed by atoms with Crippen molar-refractivity contribution in [3.05, 3.63) is 55.8 Å². The van der Waals surface area contributed by atoms with Crippen LogP contribution in [0.15, 0.2) is 17.7 Å². The molecule has 1 aromatic heterocycles. The van der Waals surface area contributed by atoms with Crippen molar-refractivity contribution in [2.24, 2.45) is 5.92 Å². The summed E-state index contributed by atoms with van der Waals surface area (Å²) in [6, 6.07) is 2.71. The van der Waals surface area contributed by atoms with E-state index in [9.17, 15) is 23.3 Å². The molecule has 9 nitrogen and oxygen atoms in total. The summed E-state index contributed by atoms with van der Waals surface area (Å²) >= 11 is 0. The van der Waals surface area contributed by atoms with Gasteiger partial charge in [0.2, 0.25) is 11.7 Å². The van der Waals surface area contributed by atoms with Crippen molar-refractivity contribution >= 4 is 27.2 Å². The van der Waals surface area contributed by atoms with Crippen molar-refractivity contribution in [1.82, 2.24) is 9.78 Å². The Hall–Kier alpha value is -3.01. The Bertz CT molecular complexity index is 1250. The molecule has 34 heavy (non-hydrogen) atoms. The summed E-state index contributed by atoms with van der Waals surface area (Å²) in [5.41, 5.74) is 2.90. The lowest BCUT2D eigenvalue weighted by atomic mass is 9.90. The molecule has 2 rings (SSSR count). The molecule has 2 aromatic rings. The molecule has 10 heteroatoms. The van der Waals surface area contributed by atoms with Gasteiger partial charge in [0.15, 0.2) is 0 Å². The quantitative estimate of drug-likeness (QED) is 0.193. The van der Waals surface area contributed by atoms with Gasteiger partial charge >= 0.3 is 10.1 Å². The van der Waals surface area contributed by atoms with Gasteiger partial charge in [0.1, 0.15) is 5.56 Å². The van der Waals surface area contributed by atoms with E-state index in [1.165, 1.54) is 16.8 Å². The number of aromatic nitrogens is 2. The van der Waals surface area contributed by atoms with Crippen LogP contribution in [0.25, 0.3) is 5.57 Å². The van der Waals surface area contributed by atoms with Crippen molar-refractivity contribution < 1.29 is 22.3 Å². The topological polar surface area (TPSA) is 121 Å². The van der Waals surface area contributed by atoms with Crippen molar-refractivity contribution in [3.8, 4) is 5.88 Å². The maximum absolute atomic E-state index is 13.7. The third-order valence-electron chi connectivity index (χ3n) is 5.50. The zero-order chi connectivity index (χ0) is 26.0. The second-order valence-corrected chi connectivity index (χ2v) is 10.6. The van der Waals surface area contributed by atoms with Crippen LogP contribution >= 0.6 is 0 Å². The number of hydrogen-bond acceptors (Lipinski definition) is 7. The summed E-state index contributed by atoms with van der Waals surface area (Å²) in [4.78, 5) is 25.0. The highest BCUT2D eigenvalue weighted by molar-refractivity contribution is 7.87. The predicted molar refractivity (Wildman–Crippen MR) is 132 cm³/mol. The molecule has 0 amide bonds. The molecular formula is C24H33N3O6S. The highest BCUT2D eigenvalue weighted by Crippen LogP contribution is 2.35. The molecule has 0 bridgehead atoms. The second-order valence-electron chi connectivity index (χ2n) is 9.03. The molecule has 0 saturated heterocycles. The monoisotopic (exact) mass is 491 g/mol. The summed E-state index contributed by atoms with van der Waals surface area (Å²) in [6.07, 6.45) is 0.649. The summed E-state index contributed by atoms with van der Waals surface area (Å²) in [5.74, 6) is -0.996. The smallest absolute Gasteiger partial charge is 0.310 e. The Labute approximate surface area is 201 Å². The predicted octanol–water partition coefficient (Wildman–Crippen LogP) is 5.23. The van der Waals surface area contributed by atoms with Crippen LogP contribution in [0.3, 0.4) is 0 Å². The minimum atomic E-state index is -3.97. The van der Waals surface area contributed by atoms with Crippen LogP contribution in [0.2, 0.25) is 0 Å². The molecule has 0 aliphatic heterocycles. The summed E-state index contributed by atoms with van der Waals surface area (Å²) in [6.45, 7) is 14.5. The Morgan fingerprint density at radius 1 is 1.18 bits per heavy atom. The van der Waals surface area contributed by atoms with Crippen LogP contribution < -0.4 is 4.18 Å². The van der Waals surface area contributed by atoms with Crippen LogP contribution in [-0.2, 0) is 16.7 Å². The molecule has 0 atom stereocenters. The van der Waals surface area contributed by atoms with Gasteiger partial charge in [0.25, 0.3) is 5.69 Å². The maximum Gasteiger partial charge on any atom is 0.310 e. The van der Waals surface area contributed by atoms with Gasteiger partial charge in [0.05, 0.1) is 21.9 Å². The fourth-order valence-electron chi connectivity index (χ4n) is 3.79. The van der Waals surface area contributed by atoms with Crippen molar-refractivity contribution in [2.75, 3.05) is 5.75 Å². The van der Waals surface area contributed by atoms with Gasteiger partial charge < -0.3 is 4.18 Å². The van der Waals surface area contributed by atoms with Crippen LogP contribution in [-0.4, -0.2) is 34.7 Å². The molecule has 1 heterocycles. The van der Waals surface area contributed by atoms with E-state index < -0.39 is 20.8 Å². The van der Waals surface area contributed by atoms with Gasteiger partial charge in [-0.1, -0.05) is 26.3 Å². The maximum atomic E-state index is 13.7. The van der Waals surface area contributed by atoms with Gasteiger partial charge in [0, 0.05) is 18.2 Å². The average Bonchev–Trinajstić information content (AvgIpc) is 2.99. The number of nitrogens with zero attached hydrogens (tertiary/aromatic N) is 3. The third-order valence-corrected chi connectivity index (χ3v) is 6.98. The average molecular weight is 492 g/mol. The van der Waals surface area contributed by atoms with Gasteiger partial charge in [-0.15, -0.1) is 0 Å². The summed E-state index contributed by atoms with van der Waals surface area (Å²) in [7, 11) is -3.97. The van der Waals surface area contributed by atoms with Crippen molar-refractivity contribution in [2.45, 2.75) is 68.4 Å². The first-order valence-corrected chi connectivity index (χ1v) is 12.8. The lowest BCUT2D eigenvalue weighted by Gasteiger charge is -2.15. The number of nitro groups is 1. The molecule has 0 unspecified atom stereocenters. The number of nitro benzene ring substituents is 1. The van der Waals surface area contributed by atoms with Gasteiger partial charge in [-0.05, 0) is 64.2 Å². The molecule has 0 fully saturated rings. The molecular weight excluding hydrogens is 458 g/mol. The van der Waals surface area contributed by atoms with E-state index in [1.807, 2.05) is 20.8 Å². The Balaban J connectivity index is 2.77. The van der Waals surface area contributed by atoms with Crippen LogP contribution in [0.5, 0.6) is 5.88 Å². The number of rotatable bonds is 10. The zero-order valence-corrected chi connectivity index (χ0v) is 21.9. The molecule has 0 aliphatic carbocycles. The molecule has 186 valence electrons.